The van der Waals surface area contributed by atoms with Crippen molar-refractivity contribution in [1.82, 2.24) is 4.98 Å². The number of ether oxygens (including phenoxy) is 1. The summed E-state index contributed by atoms with van der Waals surface area (Å²) in [4.78, 5) is 3.30. The second-order valence-electron chi connectivity index (χ2n) is 5.12. The van der Waals surface area contributed by atoms with Crippen LogP contribution in [0.5, 0.6) is 5.75 Å². The van der Waals surface area contributed by atoms with Crippen LogP contribution in [0, 0.1) is 6.92 Å². The van der Waals surface area contributed by atoms with Crippen molar-refractivity contribution in [2.45, 2.75) is 20.4 Å². The predicted molar refractivity (Wildman–Crippen MR) is 88.0 cm³/mol. The quantitative estimate of drug-likeness (QED) is 0.722. The number of para-hydroxylation sites is 1. The smallest absolute Gasteiger partial charge is 0.119 e. The summed E-state index contributed by atoms with van der Waals surface area (Å²) in [7, 11) is 0. The van der Waals surface area contributed by atoms with Crippen molar-refractivity contribution in [2.75, 3.05) is 11.9 Å². The Hall–Kier alpha value is -2.42. The van der Waals surface area contributed by atoms with E-state index in [1.54, 1.807) is 0 Å². The zero-order valence-corrected chi connectivity index (χ0v) is 12.4. The van der Waals surface area contributed by atoms with Crippen LogP contribution in [-0.4, -0.2) is 11.6 Å². The van der Waals surface area contributed by atoms with Gasteiger partial charge in [-0.2, -0.15) is 0 Å². The molecule has 1 aromatic heterocycles. The molecule has 0 aliphatic heterocycles. The lowest BCUT2D eigenvalue weighted by atomic mass is 10.1. The molecule has 2 aromatic carbocycles. The van der Waals surface area contributed by atoms with E-state index >= 15 is 0 Å². The molecule has 108 valence electrons. The number of H-pyrrole nitrogens is 1. The molecule has 0 unspecified atom stereocenters. The number of benzene rings is 2. The maximum Gasteiger partial charge on any atom is 0.119 e. The zero-order valence-electron chi connectivity index (χ0n) is 12.4. The molecule has 21 heavy (non-hydrogen) atoms. The number of aromatic amines is 1. The number of rotatable bonds is 5. The highest BCUT2D eigenvalue weighted by Gasteiger charge is 2.04. The van der Waals surface area contributed by atoms with Crippen LogP contribution in [0.3, 0.4) is 0 Å². The van der Waals surface area contributed by atoms with Crippen molar-refractivity contribution in [2.24, 2.45) is 0 Å². The Morgan fingerprint density at radius 1 is 1.14 bits per heavy atom. The van der Waals surface area contributed by atoms with E-state index in [9.17, 15) is 0 Å². The SMILES string of the molecule is CCOc1ccc(NCc2c[nH]c3ccccc23)c(C)c1. The van der Waals surface area contributed by atoms with Crippen LogP contribution >= 0.6 is 0 Å². The lowest BCUT2D eigenvalue weighted by molar-refractivity contribution is 0.340. The van der Waals surface area contributed by atoms with Gasteiger partial charge >= 0.3 is 0 Å². The highest BCUT2D eigenvalue weighted by atomic mass is 16.5. The van der Waals surface area contributed by atoms with E-state index in [0.29, 0.717) is 6.61 Å². The summed E-state index contributed by atoms with van der Waals surface area (Å²) in [6, 6.07) is 14.5. The van der Waals surface area contributed by atoms with Gasteiger partial charge in [-0.1, -0.05) is 18.2 Å². The molecular weight excluding hydrogens is 260 g/mol. The molecule has 0 aliphatic carbocycles. The van der Waals surface area contributed by atoms with Crippen LogP contribution in [0.25, 0.3) is 10.9 Å². The van der Waals surface area contributed by atoms with Crippen molar-refractivity contribution >= 4 is 16.6 Å². The van der Waals surface area contributed by atoms with Gasteiger partial charge in [-0.15, -0.1) is 0 Å². The van der Waals surface area contributed by atoms with Crippen LogP contribution in [0.4, 0.5) is 5.69 Å². The average molecular weight is 280 g/mol. The minimum Gasteiger partial charge on any atom is -0.494 e. The molecule has 1 heterocycles. The van der Waals surface area contributed by atoms with E-state index in [-0.39, 0.29) is 0 Å². The number of hydrogen-bond donors (Lipinski definition) is 2. The van der Waals surface area contributed by atoms with E-state index in [1.165, 1.54) is 22.0 Å². The molecule has 0 atom stereocenters. The van der Waals surface area contributed by atoms with Gasteiger partial charge in [0.2, 0.25) is 0 Å². The van der Waals surface area contributed by atoms with Crippen molar-refractivity contribution in [3.8, 4) is 5.75 Å². The van der Waals surface area contributed by atoms with Crippen molar-refractivity contribution in [3.05, 3.63) is 59.8 Å². The van der Waals surface area contributed by atoms with Gasteiger partial charge < -0.3 is 15.0 Å². The Balaban J connectivity index is 1.75. The van der Waals surface area contributed by atoms with Crippen LogP contribution in [0.1, 0.15) is 18.1 Å². The van der Waals surface area contributed by atoms with Gasteiger partial charge in [-0.25, -0.2) is 0 Å². The third kappa shape index (κ3) is 2.87. The first-order chi connectivity index (χ1) is 10.3. The van der Waals surface area contributed by atoms with Crippen LogP contribution in [-0.2, 0) is 6.54 Å². The zero-order chi connectivity index (χ0) is 14.7. The average Bonchev–Trinajstić information content (AvgIpc) is 2.90. The molecule has 3 aromatic rings. The summed E-state index contributed by atoms with van der Waals surface area (Å²) in [5.41, 5.74) is 4.79. The first-order valence-corrected chi connectivity index (χ1v) is 7.30. The lowest BCUT2D eigenvalue weighted by Crippen LogP contribution is -2.01. The number of nitrogens with one attached hydrogen (secondary N) is 2. The molecule has 0 amide bonds. The third-order valence-corrected chi connectivity index (χ3v) is 3.65. The van der Waals surface area contributed by atoms with Gasteiger partial charge in [0.1, 0.15) is 5.75 Å². The van der Waals surface area contributed by atoms with E-state index in [4.69, 9.17) is 4.74 Å². The maximum atomic E-state index is 5.52. The van der Waals surface area contributed by atoms with Crippen molar-refractivity contribution in [3.63, 3.8) is 0 Å². The van der Waals surface area contributed by atoms with E-state index < -0.39 is 0 Å². The fourth-order valence-corrected chi connectivity index (χ4v) is 2.56. The standard InChI is InChI=1S/C18H20N2O/c1-3-21-15-8-9-17(13(2)10-15)19-11-14-12-20-18-7-5-4-6-16(14)18/h4-10,12,19-20H,3,11H2,1-2H3. The van der Waals surface area contributed by atoms with Gasteiger partial charge in [0.05, 0.1) is 6.61 Å². The molecule has 3 heteroatoms. The highest BCUT2D eigenvalue weighted by molar-refractivity contribution is 5.83. The Morgan fingerprint density at radius 2 is 2.00 bits per heavy atom. The largest absolute Gasteiger partial charge is 0.494 e. The normalized spacial score (nSPS) is 10.8. The fourth-order valence-electron chi connectivity index (χ4n) is 2.56. The maximum absolute atomic E-state index is 5.52. The number of aryl methyl sites for hydroxylation is 1. The minimum atomic E-state index is 0.696. The topological polar surface area (TPSA) is 37.0 Å². The molecule has 2 N–H and O–H groups in total. The number of aromatic nitrogens is 1. The second-order valence-corrected chi connectivity index (χ2v) is 5.12. The summed E-state index contributed by atoms with van der Waals surface area (Å²) in [5.74, 6) is 0.924. The van der Waals surface area contributed by atoms with Crippen LogP contribution < -0.4 is 10.1 Å². The first kappa shape index (κ1) is 13.6. The van der Waals surface area contributed by atoms with Gasteiger partial charge in [0.15, 0.2) is 0 Å². The Morgan fingerprint density at radius 3 is 2.81 bits per heavy atom. The van der Waals surface area contributed by atoms with Gasteiger partial charge in [0, 0.05) is 29.3 Å². The van der Waals surface area contributed by atoms with Gasteiger partial charge in [0.25, 0.3) is 0 Å². The van der Waals surface area contributed by atoms with Crippen molar-refractivity contribution in [1.29, 1.82) is 0 Å². The van der Waals surface area contributed by atoms with E-state index in [0.717, 1.165) is 18.0 Å². The molecule has 0 aliphatic rings. The summed E-state index contributed by atoms with van der Waals surface area (Å²) < 4.78 is 5.52. The molecule has 0 saturated carbocycles. The predicted octanol–water partition coefficient (Wildman–Crippen LogP) is 4.49. The summed E-state index contributed by atoms with van der Waals surface area (Å²) in [5, 5.41) is 4.77. The van der Waals surface area contributed by atoms with E-state index in [1.807, 2.05) is 19.1 Å². The number of anilines is 1. The molecular formula is C18H20N2O. The number of fused-ring (bicyclic) bond motifs is 1. The third-order valence-electron chi connectivity index (χ3n) is 3.65. The Labute approximate surface area is 125 Å². The molecule has 0 bridgehead atoms. The lowest BCUT2D eigenvalue weighted by Gasteiger charge is -2.11. The van der Waals surface area contributed by atoms with Gasteiger partial charge in [-0.05, 0) is 49.2 Å². The Bertz CT molecular complexity index is 746. The van der Waals surface area contributed by atoms with Gasteiger partial charge in [-0.3, -0.25) is 0 Å². The Kier molecular flexibility index (Phi) is 3.82. The highest BCUT2D eigenvalue weighted by Crippen LogP contribution is 2.23. The summed E-state index contributed by atoms with van der Waals surface area (Å²) in [6.45, 7) is 5.60. The molecule has 0 radical (unpaired) electrons. The van der Waals surface area contributed by atoms with Crippen molar-refractivity contribution < 1.29 is 4.74 Å². The van der Waals surface area contributed by atoms with E-state index in [2.05, 4.69) is 53.8 Å². The number of hydrogen-bond acceptors (Lipinski definition) is 2. The monoisotopic (exact) mass is 280 g/mol. The second kappa shape index (κ2) is 5.92. The molecule has 0 saturated heterocycles. The fraction of sp³-hybridized carbons (Fsp3) is 0.222. The molecule has 3 nitrogen and oxygen atoms in total. The minimum absolute atomic E-state index is 0.696. The molecule has 0 fully saturated rings. The summed E-state index contributed by atoms with van der Waals surface area (Å²) >= 11 is 0. The first-order valence-electron chi connectivity index (χ1n) is 7.30. The van der Waals surface area contributed by atoms with Crippen LogP contribution in [0.15, 0.2) is 48.7 Å². The van der Waals surface area contributed by atoms with Crippen LogP contribution in [0.2, 0.25) is 0 Å². The molecule has 0 spiro atoms. The summed E-state index contributed by atoms with van der Waals surface area (Å²) in [6.07, 6.45) is 2.07. The molecule has 3 rings (SSSR count).